The van der Waals surface area contributed by atoms with Gasteiger partial charge in [0, 0.05) is 35.8 Å². The van der Waals surface area contributed by atoms with E-state index in [0.717, 1.165) is 27.7 Å². The molecule has 0 aliphatic heterocycles. The number of aliphatic hydroxyl groups is 1. The number of hydrogen-bond donors (Lipinski definition) is 3. The maximum absolute atomic E-state index is 8.95. The lowest BCUT2D eigenvalue weighted by atomic mass is 10.1. The monoisotopic (exact) mass is 412 g/mol. The minimum atomic E-state index is 0.0655. The number of nitrogens with one attached hydrogen (secondary N) is 1. The third-order valence-electron chi connectivity index (χ3n) is 4.17. The molecule has 132 valence electrons. The summed E-state index contributed by atoms with van der Waals surface area (Å²) in [4.78, 5) is 9.25. The van der Waals surface area contributed by atoms with Crippen molar-refractivity contribution in [2.24, 2.45) is 0 Å². The molecule has 3 aromatic heterocycles. The van der Waals surface area contributed by atoms with Crippen LogP contribution in [0.3, 0.4) is 0 Å². The van der Waals surface area contributed by atoms with Crippen LogP contribution in [0.4, 0.5) is 5.82 Å². The lowest BCUT2D eigenvalue weighted by molar-refractivity contribution is 0.291. The first kappa shape index (κ1) is 16.9. The number of halogens is 1. The Labute approximate surface area is 158 Å². The highest BCUT2D eigenvalue weighted by Gasteiger charge is 2.16. The molecule has 0 fully saturated rings. The summed E-state index contributed by atoms with van der Waals surface area (Å²) in [5.41, 5.74) is 10.4. The van der Waals surface area contributed by atoms with Crippen LogP contribution in [-0.4, -0.2) is 37.8 Å². The first-order valence-corrected chi connectivity index (χ1v) is 8.96. The van der Waals surface area contributed by atoms with Crippen molar-refractivity contribution < 1.29 is 5.11 Å². The van der Waals surface area contributed by atoms with Gasteiger partial charge in [0.2, 0.25) is 0 Å². The number of aromatic nitrogens is 4. The molecule has 0 aliphatic carbocycles. The summed E-state index contributed by atoms with van der Waals surface area (Å²) in [6.45, 7) is 1.04. The van der Waals surface area contributed by atoms with Gasteiger partial charge in [-0.2, -0.15) is 9.61 Å². The van der Waals surface area contributed by atoms with Gasteiger partial charge in [0.1, 0.15) is 5.82 Å². The number of para-hydroxylation sites is 1. The molecule has 4 rings (SSSR count). The summed E-state index contributed by atoms with van der Waals surface area (Å²) in [7, 11) is 0. The number of hydrogen-bond acceptors (Lipinski definition) is 6. The zero-order chi connectivity index (χ0) is 18.1. The van der Waals surface area contributed by atoms with Crippen molar-refractivity contribution in [1.29, 1.82) is 0 Å². The molecule has 0 spiro atoms. The van der Waals surface area contributed by atoms with Gasteiger partial charge in [-0.05, 0) is 28.1 Å². The molecule has 0 amide bonds. The normalized spacial score (nSPS) is 11.5. The van der Waals surface area contributed by atoms with Gasteiger partial charge in [0.05, 0.1) is 28.5 Å². The average molecular weight is 413 g/mol. The lowest BCUT2D eigenvalue weighted by Crippen LogP contribution is -2.19. The van der Waals surface area contributed by atoms with Crippen LogP contribution >= 0.6 is 15.9 Å². The van der Waals surface area contributed by atoms with Crippen molar-refractivity contribution in [3.05, 3.63) is 52.9 Å². The van der Waals surface area contributed by atoms with E-state index < -0.39 is 0 Å². The van der Waals surface area contributed by atoms with E-state index in [4.69, 9.17) is 15.8 Å². The fourth-order valence-corrected chi connectivity index (χ4v) is 3.27. The fourth-order valence-electron chi connectivity index (χ4n) is 2.87. The summed E-state index contributed by atoms with van der Waals surface area (Å²) in [5, 5.41) is 17.5. The number of nitrogens with two attached hydrogens (primary N) is 1. The van der Waals surface area contributed by atoms with Gasteiger partial charge in [0.15, 0.2) is 5.65 Å². The smallest absolute Gasteiger partial charge is 0.165 e. The Hall–Kier alpha value is -2.55. The quantitative estimate of drug-likeness (QED) is 0.435. The maximum atomic E-state index is 8.95. The molecular weight excluding hydrogens is 396 g/mol. The van der Waals surface area contributed by atoms with Crippen LogP contribution in [-0.2, 0) is 6.54 Å². The van der Waals surface area contributed by atoms with E-state index in [2.05, 4.69) is 37.4 Å². The highest BCUT2D eigenvalue weighted by Crippen LogP contribution is 2.30. The summed E-state index contributed by atoms with van der Waals surface area (Å²) in [6.07, 6.45) is 3.57. The number of anilines is 1. The molecule has 0 bridgehead atoms. The van der Waals surface area contributed by atoms with Crippen LogP contribution in [0.1, 0.15) is 5.69 Å². The number of pyridine rings is 1. The Morgan fingerprint density at radius 1 is 1.23 bits per heavy atom. The molecule has 4 N–H and O–H groups in total. The number of nitrogens with zero attached hydrogens (tertiary/aromatic N) is 4. The minimum Gasteiger partial charge on any atom is -0.395 e. The van der Waals surface area contributed by atoms with Crippen LogP contribution in [0.5, 0.6) is 0 Å². The molecule has 0 radical (unpaired) electrons. The van der Waals surface area contributed by atoms with Gasteiger partial charge in [-0.1, -0.05) is 18.2 Å². The molecule has 0 aliphatic rings. The summed E-state index contributed by atoms with van der Waals surface area (Å²) in [5.74, 6) is 0.482. The summed E-state index contributed by atoms with van der Waals surface area (Å²) < 4.78 is 2.31. The van der Waals surface area contributed by atoms with E-state index in [1.165, 1.54) is 0 Å². The molecule has 7 nitrogen and oxygen atoms in total. The summed E-state index contributed by atoms with van der Waals surface area (Å²) in [6, 6.07) is 10.0. The maximum Gasteiger partial charge on any atom is 0.165 e. The third-order valence-corrected chi connectivity index (χ3v) is 5.04. The predicted molar refractivity (Wildman–Crippen MR) is 105 cm³/mol. The Bertz CT molecular complexity index is 1090. The average Bonchev–Trinajstić information content (AvgIpc) is 3.09. The van der Waals surface area contributed by atoms with Crippen LogP contribution in [0.2, 0.25) is 0 Å². The standard InChI is InChI=1S/C18H17BrN6O/c19-16-15(10-21-5-6-26)24-18-13(9-23-25(18)17(16)20)12-7-11-3-1-2-4-14(11)22-8-12/h1-4,7-9,21,26H,5-6,10,20H2. The predicted octanol–water partition coefficient (Wildman–Crippen LogP) is 2.37. The van der Waals surface area contributed by atoms with Crippen LogP contribution in [0, 0.1) is 0 Å². The first-order valence-electron chi connectivity index (χ1n) is 8.17. The number of nitrogen functional groups attached to an aromatic ring is 1. The molecule has 1 aromatic carbocycles. The second kappa shape index (κ2) is 6.99. The molecule has 4 aromatic rings. The van der Waals surface area contributed by atoms with E-state index >= 15 is 0 Å². The highest BCUT2D eigenvalue weighted by molar-refractivity contribution is 9.10. The van der Waals surface area contributed by atoms with Gasteiger partial charge in [-0.3, -0.25) is 4.98 Å². The topological polar surface area (TPSA) is 101 Å². The van der Waals surface area contributed by atoms with Gasteiger partial charge in [0.25, 0.3) is 0 Å². The van der Waals surface area contributed by atoms with E-state index in [0.29, 0.717) is 29.0 Å². The largest absolute Gasteiger partial charge is 0.395 e. The Balaban J connectivity index is 1.84. The van der Waals surface area contributed by atoms with Crippen LogP contribution in [0.15, 0.2) is 47.2 Å². The third kappa shape index (κ3) is 2.92. The van der Waals surface area contributed by atoms with E-state index in [1.807, 2.05) is 30.5 Å². The zero-order valence-electron chi connectivity index (χ0n) is 13.9. The highest BCUT2D eigenvalue weighted by atomic mass is 79.9. The van der Waals surface area contributed by atoms with Crippen molar-refractivity contribution in [2.45, 2.75) is 6.54 Å². The summed E-state index contributed by atoms with van der Waals surface area (Å²) >= 11 is 3.49. The van der Waals surface area contributed by atoms with Crippen molar-refractivity contribution >= 4 is 38.3 Å². The molecular formula is C18H17BrN6O. The number of rotatable bonds is 5. The molecule has 26 heavy (non-hydrogen) atoms. The number of benzene rings is 1. The molecule has 0 saturated carbocycles. The lowest BCUT2D eigenvalue weighted by Gasteiger charge is -2.10. The molecule has 0 saturated heterocycles. The van der Waals surface area contributed by atoms with E-state index in [1.54, 1.807) is 10.7 Å². The van der Waals surface area contributed by atoms with Crippen molar-refractivity contribution in [3.63, 3.8) is 0 Å². The number of aliphatic hydroxyl groups excluding tert-OH is 1. The van der Waals surface area contributed by atoms with Crippen LogP contribution in [0.25, 0.3) is 27.7 Å². The second-order valence-electron chi connectivity index (χ2n) is 5.87. The Morgan fingerprint density at radius 2 is 2.08 bits per heavy atom. The van der Waals surface area contributed by atoms with E-state index in [-0.39, 0.29) is 6.61 Å². The van der Waals surface area contributed by atoms with Crippen molar-refractivity contribution in [1.82, 2.24) is 24.9 Å². The van der Waals surface area contributed by atoms with Gasteiger partial charge >= 0.3 is 0 Å². The van der Waals surface area contributed by atoms with Gasteiger partial charge < -0.3 is 16.2 Å². The SMILES string of the molecule is Nc1c(Br)c(CNCCO)nc2c(-c3cnc4ccccc4c3)cnn12. The zero-order valence-corrected chi connectivity index (χ0v) is 15.4. The molecule has 8 heteroatoms. The Kier molecular flexibility index (Phi) is 4.54. The van der Waals surface area contributed by atoms with Crippen molar-refractivity contribution in [3.8, 4) is 11.1 Å². The fraction of sp³-hybridized carbons (Fsp3) is 0.167. The molecule has 0 unspecified atom stereocenters. The van der Waals surface area contributed by atoms with Gasteiger partial charge in [-0.15, -0.1) is 0 Å². The Morgan fingerprint density at radius 3 is 2.92 bits per heavy atom. The molecule has 0 atom stereocenters. The van der Waals surface area contributed by atoms with Crippen molar-refractivity contribution in [2.75, 3.05) is 18.9 Å². The second-order valence-corrected chi connectivity index (χ2v) is 6.66. The van der Waals surface area contributed by atoms with Crippen LogP contribution < -0.4 is 11.1 Å². The molecule has 3 heterocycles. The first-order chi connectivity index (χ1) is 12.7. The minimum absolute atomic E-state index is 0.0655. The van der Waals surface area contributed by atoms with Gasteiger partial charge in [-0.25, -0.2) is 4.98 Å². The van der Waals surface area contributed by atoms with E-state index in [9.17, 15) is 0 Å². The number of fused-ring (bicyclic) bond motifs is 2.